The van der Waals surface area contributed by atoms with Gasteiger partial charge in [0, 0.05) is 11.0 Å². The molecule has 1 N–H and O–H groups in total. The summed E-state index contributed by atoms with van der Waals surface area (Å²) in [6, 6.07) is 3.71. The molecule has 0 aliphatic rings. The molecule has 0 fully saturated rings. The van der Waals surface area contributed by atoms with Gasteiger partial charge in [0.2, 0.25) is 0 Å². The molecule has 0 unspecified atom stereocenters. The fourth-order valence-corrected chi connectivity index (χ4v) is 1.80. The third-order valence-corrected chi connectivity index (χ3v) is 3.17. The Labute approximate surface area is 108 Å². The Bertz CT molecular complexity index is 363. The monoisotopic (exact) mass is 309 g/mol. The van der Waals surface area contributed by atoms with E-state index in [1.165, 1.54) is 12.1 Å². The lowest BCUT2D eigenvalue weighted by atomic mass is 10.1. The van der Waals surface area contributed by atoms with Crippen molar-refractivity contribution in [2.75, 3.05) is 6.54 Å². The molecule has 0 spiro atoms. The Kier molecular flexibility index (Phi) is 5.46. The van der Waals surface area contributed by atoms with Gasteiger partial charge in [-0.15, -0.1) is 0 Å². The van der Waals surface area contributed by atoms with Gasteiger partial charge >= 0.3 is 6.18 Å². The van der Waals surface area contributed by atoms with E-state index in [0.29, 0.717) is 16.6 Å². The van der Waals surface area contributed by atoms with Crippen LogP contribution < -0.4 is 5.32 Å². The van der Waals surface area contributed by atoms with Gasteiger partial charge in [0.1, 0.15) is 0 Å². The molecule has 0 aliphatic heterocycles. The van der Waals surface area contributed by atoms with Crippen LogP contribution in [0, 0.1) is 0 Å². The van der Waals surface area contributed by atoms with Crippen molar-refractivity contribution in [2.45, 2.75) is 32.5 Å². The first-order valence-electron chi connectivity index (χ1n) is 5.51. The largest absolute Gasteiger partial charge is 0.416 e. The normalized spacial score (nSPS) is 11.8. The lowest BCUT2D eigenvalue weighted by molar-refractivity contribution is -0.137. The highest BCUT2D eigenvalue weighted by atomic mass is 79.9. The van der Waals surface area contributed by atoms with Gasteiger partial charge in [-0.2, -0.15) is 13.2 Å². The van der Waals surface area contributed by atoms with Gasteiger partial charge in [-0.3, -0.25) is 0 Å². The summed E-state index contributed by atoms with van der Waals surface area (Å²) >= 11 is 3.26. The molecule has 1 rings (SSSR count). The van der Waals surface area contributed by atoms with E-state index >= 15 is 0 Å². The fraction of sp³-hybridized carbons (Fsp3) is 0.500. The number of hydrogen-bond donors (Lipinski definition) is 1. The number of unbranched alkanes of at least 4 members (excludes halogenated alkanes) is 1. The molecular formula is C12H15BrF3N. The molecule has 0 aromatic heterocycles. The third-order valence-electron chi connectivity index (χ3n) is 2.40. The van der Waals surface area contributed by atoms with E-state index in [1.54, 1.807) is 0 Å². The van der Waals surface area contributed by atoms with Crippen molar-refractivity contribution in [1.29, 1.82) is 0 Å². The Balaban J connectivity index is 2.70. The first-order valence-corrected chi connectivity index (χ1v) is 6.30. The minimum Gasteiger partial charge on any atom is -0.313 e. The van der Waals surface area contributed by atoms with Crippen LogP contribution in [0.2, 0.25) is 0 Å². The summed E-state index contributed by atoms with van der Waals surface area (Å²) in [6.07, 6.45) is -2.19. The minimum atomic E-state index is -4.28. The second-order valence-electron chi connectivity index (χ2n) is 3.83. The van der Waals surface area contributed by atoms with Crippen molar-refractivity contribution in [3.63, 3.8) is 0 Å². The molecule has 96 valence electrons. The van der Waals surface area contributed by atoms with E-state index in [-0.39, 0.29) is 0 Å². The molecule has 0 atom stereocenters. The lowest BCUT2D eigenvalue weighted by Crippen LogP contribution is -2.15. The first kappa shape index (κ1) is 14.5. The molecule has 1 nitrogen and oxygen atoms in total. The van der Waals surface area contributed by atoms with Crippen LogP contribution in [0.5, 0.6) is 0 Å². The summed E-state index contributed by atoms with van der Waals surface area (Å²) in [5.74, 6) is 0. The van der Waals surface area contributed by atoms with Gasteiger partial charge < -0.3 is 5.32 Å². The number of benzene rings is 1. The second kappa shape index (κ2) is 6.40. The van der Waals surface area contributed by atoms with E-state index in [0.717, 1.165) is 25.5 Å². The second-order valence-corrected chi connectivity index (χ2v) is 4.69. The number of halogens is 4. The smallest absolute Gasteiger partial charge is 0.313 e. The van der Waals surface area contributed by atoms with Crippen LogP contribution in [-0.2, 0) is 12.7 Å². The SMILES string of the molecule is CCCCNCc1cc(C(F)(F)F)ccc1Br. The lowest BCUT2D eigenvalue weighted by Gasteiger charge is -2.11. The standard InChI is InChI=1S/C12H15BrF3N/c1-2-3-6-17-8-9-7-10(12(14,15)16)4-5-11(9)13/h4-5,7,17H,2-3,6,8H2,1H3. The average Bonchev–Trinajstić information content (AvgIpc) is 2.25. The van der Waals surface area contributed by atoms with Crippen LogP contribution in [0.4, 0.5) is 13.2 Å². The van der Waals surface area contributed by atoms with Crippen LogP contribution in [0.15, 0.2) is 22.7 Å². The molecule has 0 saturated carbocycles. The Morgan fingerprint density at radius 3 is 2.59 bits per heavy atom. The molecule has 5 heteroatoms. The highest BCUT2D eigenvalue weighted by Gasteiger charge is 2.30. The zero-order valence-corrected chi connectivity index (χ0v) is 11.2. The molecule has 1 aromatic carbocycles. The molecule has 0 bridgehead atoms. The molecule has 0 radical (unpaired) electrons. The summed E-state index contributed by atoms with van der Waals surface area (Å²) < 4.78 is 38.2. The van der Waals surface area contributed by atoms with E-state index in [9.17, 15) is 13.2 Å². The van der Waals surface area contributed by atoms with Crippen LogP contribution in [-0.4, -0.2) is 6.54 Å². The van der Waals surface area contributed by atoms with E-state index in [4.69, 9.17) is 0 Å². The molecule has 0 aliphatic carbocycles. The summed E-state index contributed by atoms with van der Waals surface area (Å²) in [5, 5.41) is 3.12. The molecule has 0 amide bonds. The highest BCUT2D eigenvalue weighted by molar-refractivity contribution is 9.10. The number of alkyl halides is 3. The van der Waals surface area contributed by atoms with Gasteiger partial charge in [0.05, 0.1) is 5.56 Å². The maximum absolute atomic E-state index is 12.5. The van der Waals surface area contributed by atoms with Crippen molar-refractivity contribution in [3.05, 3.63) is 33.8 Å². The Morgan fingerprint density at radius 1 is 1.29 bits per heavy atom. The van der Waals surface area contributed by atoms with Crippen LogP contribution in [0.25, 0.3) is 0 Å². The van der Waals surface area contributed by atoms with Crippen molar-refractivity contribution >= 4 is 15.9 Å². The van der Waals surface area contributed by atoms with E-state index < -0.39 is 11.7 Å². The van der Waals surface area contributed by atoms with E-state index in [2.05, 4.69) is 28.2 Å². The zero-order chi connectivity index (χ0) is 12.9. The topological polar surface area (TPSA) is 12.0 Å². The zero-order valence-electron chi connectivity index (χ0n) is 9.57. The fourth-order valence-electron chi connectivity index (χ4n) is 1.41. The van der Waals surface area contributed by atoms with Gasteiger partial charge in [0.25, 0.3) is 0 Å². The van der Waals surface area contributed by atoms with Crippen molar-refractivity contribution in [1.82, 2.24) is 5.32 Å². The predicted molar refractivity (Wildman–Crippen MR) is 65.8 cm³/mol. The van der Waals surface area contributed by atoms with Crippen LogP contribution in [0.1, 0.15) is 30.9 Å². The van der Waals surface area contributed by atoms with Crippen molar-refractivity contribution < 1.29 is 13.2 Å². The van der Waals surface area contributed by atoms with Crippen LogP contribution >= 0.6 is 15.9 Å². The molecule has 1 aromatic rings. The average molecular weight is 310 g/mol. The van der Waals surface area contributed by atoms with Gasteiger partial charge in [0.15, 0.2) is 0 Å². The number of nitrogens with one attached hydrogen (secondary N) is 1. The van der Waals surface area contributed by atoms with Crippen molar-refractivity contribution in [3.8, 4) is 0 Å². The highest BCUT2D eigenvalue weighted by Crippen LogP contribution is 2.31. The number of rotatable bonds is 5. The first-order chi connectivity index (χ1) is 7.95. The maximum Gasteiger partial charge on any atom is 0.416 e. The molecular weight excluding hydrogens is 295 g/mol. The van der Waals surface area contributed by atoms with Gasteiger partial charge in [-0.05, 0) is 36.7 Å². The minimum absolute atomic E-state index is 0.449. The molecule has 0 saturated heterocycles. The third kappa shape index (κ3) is 4.68. The predicted octanol–water partition coefficient (Wildman–Crippen LogP) is 4.36. The van der Waals surface area contributed by atoms with Crippen LogP contribution in [0.3, 0.4) is 0 Å². The van der Waals surface area contributed by atoms with Crippen molar-refractivity contribution in [2.24, 2.45) is 0 Å². The summed E-state index contributed by atoms with van der Waals surface area (Å²) in [4.78, 5) is 0. The summed E-state index contributed by atoms with van der Waals surface area (Å²) in [6.45, 7) is 3.34. The Hall–Kier alpha value is -0.550. The molecule has 17 heavy (non-hydrogen) atoms. The van der Waals surface area contributed by atoms with Gasteiger partial charge in [-0.25, -0.2) is 0 Å². The molecule has 0 heterocycles. The Morgan fingerprint density at radius 2 is 2.00 bits per heavy atom. The van der Waals surface area contributed by atoms with Gasteiger partial charge in [-0.1, -0.05) is 29.3 Å². The summed E-state index contributed by atoms with van der Waals surface area (Å²) in [5.41, 5.74) is 0.0314. The summed E-state index contributed by atoms with van der Waals surface area (Å²) in [7, 11) is 0. The maximum atomic E-state index is 12.5. The van der Waals surface area contributed by atoms with E-state index in [1.807, 2.05) is 0 Å². The number of hydrogen-bond acceptors (Lipinski definition) is 1. The quantitative estimate of drug-likeness (QED) is 0.797.